The van der Waals surface area contributed by atoms with Crippen LogP contribution in [0, 0.1) is 0 Å². The quantitative estimate of drug-likeness (QED) is 0.182. The number of aromatic nitrogens is 2. The number of amides is 1. The van der Waals surface area contributed by atoms with Crippen LogP contribution in [0.25, 0.3) is 0 Å². The van der Waals surface area contributed by atoms with Crippen molar-refractivity contribution in [2.75, 3.05) is 37.9 Å². The zero-order chi connectivity index (χ0) is 30.5. The standard InChI is InChI=1S/C35H39N5O3S/c1-35(2,3)31-20-32(40-16-14-39(15-17-40)22-26-12-13-29-30(19-26)43-24-42-29)38-34(37-31)44-23-27-10-7-11-28(18-27)33(41)36-21-25-8-5-4-6-9-25/h4-13,18-20H,14-17,21-24H2,1-3H3,(H,36,41). The summed E-state index contributed by atoms with van der Waals surface area (Å²) in [6, 6.07) is 26.1. The van der Waals surface area contributed by atoms with Crippen LogP contribution >= 0.6 is 11.8 Å². The Morgan fingerprint density at radius 2 is 1.61 bits per heavy atom. The molecule has 9 heteroatoms. The molecular weight excluding hydrogens is 570 g/mol. The first kappa shape index (κ1) is 30.0. The monoisotopic (exact) mass is 609 g/mol. The molecule has 0 unspecified atom stereocenters. The highest BCUT2D eigenvalue weighted by Gasteiger charge is 2.24. The molecule has 0 saturated carbocycles. The maximum Gasteiger partial charge on any atom is 0.251 e. The number of rotatable bonds is 9. The van der Waals surface area contributed by atoms with E-state index in [1.165, 1.54) is 5.56 Å². The lowest BCUT2D eigenvalue weighted by atomic mass is 9.92. The van der Waals surface area contributed by atoms with Gasteiger partial charge in [-0.2, -0.15) is 0 Å². The normalized spacial score (nSPS) is 14.9. The smallest absolute Gasteiger partial charge is 0.251 e. The molecule has 1 aromatic heterocycles. The Labute approximate surface area is 263 Å². The minimum Gasteiger partial charge on any atom is -0.454 e. The van der Waals surface area contributed by atoms with Gasteiger partial charge in [0.2, 0.25) is 6.79 Å². The number of hydrogen-bond acceptors (Lipinski definition) is 8. The summed E-state index contributed by atoms with van der Waals surface area (Å²) in [6.45, 7) is 11.9. The number of carbonyl (C=O) groups excluding carboxylic acids is 1. The van der Waals surface area contributed by atoms with Crippen LogP contribution in [0.5, 0.6) is 11.5 Å². The number of nitrogens with zero attached hydrogens (tertiary/aromatic N) is 4. The number of anilines is 1. The third-order valence-electron chi connectivity index (χ3n) is 7.85. The highest BCUT2D eigenvalue weighted by Crippen LogP contribution is 2.33. The molecule has 228 valence electrons. The molecule has 1 amide bonds. The van der Waals surface area contributed by atoms with Crippen molar-refractivity contribution in [3.8, 4) is 11.5 Å². The fourth-order valence-electron chi connectivity index (χ4n) is 5.29. The molecule has 4 aromatic rings. The number of piperazine rings is 1. The summed E-state index contributed by atoms with van der Waals surface area (Å²) in [4.78, 5) is 27.6. The summed E-state index contributed by atoms with van der Waals surface area (Å²) in [5.41, 5.74) is 4.95. The molecule has 2 aliphatic heterocycles. The Kier molecular flexibility index (Phi) is 9.04. The van der Waals surface area contributed by atoms with Gasteiger partial charge < -0.3 is 19.7 Å². The molecule has 3 aromatic carbocycles. The molecule has 1 saturated heterocycles. The van der Waals surface area contributed by atoms with Crippen LogP contribution < -0.4 is 19.7 Å². The van der Waals surface area contributed by atoms with Crippen LogP contribution in [-0.4, -0.2) is 53.7 Å². The lowest BCUT2D eigenvalue weighted by Gasteiger charge is -2.36. The molecule has 6 rings (SSSR count). The Hall–Kier alpha value is -4.08. The van der Waals surface area contributed by atoms with E-state index in [1.54, 1.807) is 11.8 Å². The summed E-state index contributed by atoms with van der Waals surface area (Å²) in [6.07, 6.45) is 0. The van der Waals surface area contributed by atoms with Crippen molar-refractivity contribution < 1.29 is 14.3 Å². The van der Waals surface area contributed by atoms with Crippen molar-refractivity contribution in [1.29, 1.82) is 0 Å². The van der Waals surface area contributed by atoms with E-state index < -0.39 is 0 Å². The van der Waals surface area contributed by atoms with Crippen molar-refractivity contribution >= 4 is 23.5 Å². The zero-order valence-electron chi connectivity index (χ0n) is 25.6. The first-order valence-electron chi connectivity index (χ1n) is 15.1. The van der Waals surface area contributed by atoms with E-state index in [-0.39, 0.29) is 11.3 Å². The second-order valence-electron chi connectivity index (χ2n) is 12.3. The highest BCUT2D eigenvalue weighted by molar-refractivity contribution is 7.98. The predicted molar refractivity (Wildman–Crippen MR) is 174 cm³/mol. The summed E-state index contributed by atoms with van der Waals surface area (Å²) in [7, 11) is 0. The van der Waals surface area contributed by atoms with Gasteiger partial charge in [-0.25, -0.2) is 9.97 Å². The lowest BCUT2D eigenvalue weighted by molar-refractivity contribution is 0.0950. The first-order valence-corrected chi connectivity index (χ1v) is 16.1. The molecule has 8 nitrogen and oxygen atoms in total. The number of nitrogens with one attached hydrogen (secondary N) is 1. The second kappa shape index (κ2) is 13.3. The lowest BCUT2D eigenvalue weighted by Crippen LogP contribution is -2.46. The van der Waals surface area contributed by atoms with E-state index in [2.05, 4.69) is 60.2 Å². The van der Waals surface area contributed by atoms with Crippen LogP contribution in [0.2, 0.25) is 0 Å². The molecule has 2 aliphatic rings. The van der Waals surface area contributed by atoms with E-state index in [0.717, 1.165) is 72.0 Å². The number of hydrogen-bond donors (Lipinski definition) is 1. The Bertz CT molecular complexity index is 1600. The van der Waals surface area contributed by atoms with Crippen LogP contribution in [0.1, 0.15) is 53.5 Å². The maximum atomic E-state index is 12.8. The van der Waals surface area contributed by atoms with Gasteiger partial charge in [0, 0.05) is 62.1 Å². The molecule has 0 bridgehead atoms. The van der Waals surface area contributed by atoms with Gasteiger partial charge in [0.25, 0.3) is 5.91 Å². The largest absolute Gasteiger partial charge is 0.454 e. The summed E-state index contributed by atoms with van der Waals surface area (Å²) >= 11 is 1.61. The van der Waals surface area contributed by atoms with Gasteiger partial charge >= 0.3 is 0 Å². The minimum absolute atomic E-state index is 0.0772. The summed E-state index contributed by atoms with van der Waals surface area (Å²) in [5, 5.41) is 3.78. The third-order valence-corrected chi connectivity index (χ3v) is 8.77. The van der Waals surface area contributed by atoms with Gasteiger partial charge in [0.05, 0.1) is 5.69 Å². The first-order chi connectivity index (χ1) is 21.3. The van der Waals surface area contributed by atoms with Crippen molar-refractivity contribution in [2.45, 2.75) is 50.2 Å². The van der Waals surface area contributed by atoms with Crippen molar-refractivity contribution in [1.82, 2.24) is 20.2 Å². The molecule has 44 heavy (non-hydrogen) atoms. The Balaban J connectivity index is 1.09. The molecule has 1 fully saturated rings. The number of carbonyl (C=O) groups is 1. The fourth-order valence-corrected chi connectivity index (χ4v) is 6.08. The van der Waals surface area contributed by atoms with E-state index >= 15 is 0 Å². The molecule has 0 spiro atoms. The maximum absolute atomic E-state index is 12.8. The van der Waals surface area contributed by atoms with Gasteiger partial charge in [0.1, 0.15) is 5.82 Å². The topological polar surface area (TPSA) is 79.8 Å². The van der Waals surface area contributed by atoms with Crippen LogP contribution in [0.15, 0.2) is 84.0 Å². The number of benzene rings is 3. The third kappa shape index (κ3) is 7.52. The number of thioether (sulfide) groups is 1. The van der Waals surface area contributed by atoms with Gasteiger partial charge in [-0.15, -0.1) is 0 Å². The zero-order valence-corrected chi connectivity index (χ0v) is 26.4. The Morgan fingerprint density at radius 3 is 2.41 bits per heavy atom. The average Bonchev–Trinajstić information content (AvgIpc) is 3.51. The van der Waals surface area contributed by atoms with Gasteiger partial charge in [0.15, 0.2) is 16.7 Å². The van der Waals surface area contributed by atoms with E-state index in [0.29, 0.717) is 24.7 Å². The average molecular weight is 610 g/mol. The molecule has 1 N–H and O–H groups in total. The Morgan fingerprint density at radius 1 is 0.841 bits per heavy atom. The van der Waals surface area contributed by atoms with E-state index in [4.69, 9.17) is 19.4 Å². The second-order valence-corrected chi connectivity index (χ2v) is 13.2. The van der Waals surface area contributed by atoms with Crippen molar-refractivity contribution in [2.24, 2.45) is 0 Å². The molecular formula is C35H39N5O3S. The number of ether oxygens (including phenoxy) is 2. The number of fused-ring (bicyclic) bond motifs is 1. The van der Waals surface area contributed by atoms with Crippen LogP contribution in [0.4, 0.5) is 5.82 Å². The van der Waals surface area contributed by atoms with Crippen molar-refractivity contribution in [3.05, 3.63) is 107 Å². The van der Waals surface area contributed by atoms with Crippen LogP contribution in [-0.2, 0) is 24.3 Å². The van der Waals surface area contributed by atoms with E-state index in [9.17, 15) is 4.79 Å². The predicted octanol–water partition coefficient (Wildman–Crippen LogP) is 6.05. The SMILES string of the molecule is CC(C)(C)c1cc(N2CCN(Cc3ccc4c(c3)OCO4)CC2)nc(SCc2cccc(C(=O)NCc3ccccc3)c2)n1. The summed E-state index contributed by atoms with van der Waals surface area (Å²) in [5.74, 6) is 3.23. The molecule has 0 radical (unpaired) electrons. The highest BCUT2D eigenvalue weighted by atomic mass is 32.2. The van der Waals surface area contributed by atoms with Gasteiger partial charge in [-0.05, 0) is 41.0 Å². The summed E-state index contributed by atoms with van der Waals surface area (Å²) < 4.78 is 11.0. The minimum atomic E-state index is -0.106. The van der Waals surface area contributed by atoms with Gasteiger partial charge in [-0.1, -0.05) is 81.1 Å². The van der Waals surface area contributed by atoms with Crippen molar-refractivity contribution in [3.63, 3.8) is 0 Å². The van der Waals surface area contributed by atoms with E-state index in [1.807, 2.05) is 54.6 Å². The van der Waals surface area contributed by atoms with Gasteiger partial charge in [-0.3, -0.25) is 9.69 Å². The molecule has 3 heterocycles. The molecule has 0 aliphatic carbocycles. The van der Waals surface area contributed by atoms with Crippen LogP contribution in [0.3, 0.4) is 0 Å². The fraction of sp³-hybridized carbons (Fsp3) is 0.343. The molecule has 0 atom stereocenters.